The number of methoxy groups -OCH3 is 3. The van der Waals surface area contributed by atoms with Crippen molar-refractivity contribution >= 4 is 0 Å². The van der Waals surface area contributed by atoms with E-state index in [4.69, 9.17) is 14.2 Å². The Morgan fingerprint density at radius 2 is 1.19 bits per heavy atom. The van der Waals surface area contributed by atoms with E-state index >= 15 is 0 Å². The molecule has 0 heterocycles. The van der Waals surface area contributed by atoms with Crippen LogP contribution in [-0.4, -0.2) is 21.3 Å². The minimum atomic E-state index is 0.205. The number of aryl methyl sites for hydroxylation is 1. The lowest BCUT2D eigenvalue weighted by Gasteiger charge is -2.21. The zero-order valence-corrected chi connectivity index (χ0v) is 16.4. The fraction of sp³-hybridized carbons (Fsp3) is 0.250. The number of hydrogen-bond acceptors (Lipinski definition) is 3. The molecule has 0 aromatic heterocycles. The Hall–Kier alpha value is -2.94. The first-order valence-corrected chi connectivity index (χ1v) is 9.06. The van der Waals surface area contributed by atoms with Gasteiger partial charge in [-0.05, 0) is 65.9 Å². The van der Waals surface area contributed by atoms with E-state index in [-0.39, 0.29) is 5.92 Å². The molecule has 3 aromatic rings. The van der Waals surface area contributed by atoms with E-state index in [9.17, 15) is 0 Å². The molecule has 3 aromatic carbocycles. The van der Waals surface area contributed by atoms with Crippen molar-refractivity contribution in [1.29, 1.82) is 0 Å². The molecule has 0 atom stereocenters. The van der Waals surface area contributed by atoms with Gasteiger partial charge in [-0.25, -0.2) is 0 Å². The van der Waals surface area contributed by atoms with Crippen molar-refractivity contribution in [3.8, 4) is 17.2 Å². The van der Waals surface area contributed by atoms with Crippen LogP contribution in [0.25, 0.3) is 0 Å². The summed E-state index contributed by atoms with van der Waals surface area (Å²) in [6, 6.07) is 22.8. The van der Waals surface area contributed by atoms with Crippen LogP contribution in [0, 0.1) is 6.92 Å². The molecule has 0 saturated carbocycles. The van der Waals surface area contributed by atoms with E-state index in [1.165, 1.54) is 22.3 Å². The van der Waals surface area contributed by atoms with Gasteiger partial charge in [-0.1, -0.05) is 36.4 Å². The smallest absolute Gasteiger partial charge is 0.122 e. The molecular weight excluding hydrogens is 336 g/mol. The predicted molar refractivity (Wildman–Crippen MR) is 109 cm³/mol. The molecule has 0 fully saturated rings. The summed E-state index contributed by atoms with van der Waals surface area (Å²) in [6.45, 7) is 2.14. The van der Waals surface area contributed by atoms with Gasteiger partial charge >= 0.3 is 0 Å². The second-order valence-electron chi connectivity index (χ2n) is 6.56. The average molecular weight is 362 g/mol. The lowest BCUT2D eigenvalue weighted by atomic mass is 9.84. The molecule has 140 valence electrons. The molecule has 3 nitrogen and oxygen atoms in total. The summed E-state index contributed by atoms with van der Waals surface area (Å²) in [5, 5.41) is 0. The third kappa shape index (κ3) is 4.25. The molecular formula is C24H26O3. The molecule has 27 heavy (non-hydrogen) atoms. The Kier molecular flexibility index (Phi) is 6.02. The van der Waals surface area contributed by atoms with Crippen LogP contribution in [0.5, 0.6) is 17.2 Å². The number of hydrogen-bond donors (Lipinski definition) is 0. The van der Waals surface area contributed by atoms with Crippen molar-refractivity contribution in [1.82, 2.24) is 0 Å². The van der Waals surface area contributed by atoms with E-state index in [1.807, 2.05) is 36.4 Å². The normalized spacial score (nSPS) is 10.7. The van der Waals surface area contributed by atoms with Crippen LogP contribution >= 0.6 is 0 Å². The maximum absolute atomic E-state index is 5.63. The Labute approximate surface area is 161 Å². The van der Waals surface area contributed by atoms with Crippen LogP contribution < -0.4 is 14.2 Å². The highest BCUT2D eigenvalue weighted by atomic mass is 16.5. The summed E-state index contributed by atoms with van der Waals surface area (Å²) in [4.78, 5) is 0. The van der Waals surface area contributed by atoms with E-state index in [2.05, 4.69) is 37.3 Å². The lowest BCUT2D eigenvalue weighted by molar-refractivity contribution is 0.408. The minimum absolute atomic E-state index is 0.205. The maximum atomic E-state index is 5.63. The zero-order valence-electron chi connectivity index (χ0n) is 16.4. The number of rotatable bonds is 7. The summed E-state index contributed by atoms with van der Waals surface area (Å²) in [5.74, 6) is 2.86. The van der Waals surface area contributed by atoms with Crippen LogP contribution in [0.4, 0.5) is 0 Å². The average Bonchev–Trinajstić information content (AvgIpc) is 2.73. The van der Waals surface area contributed by atoms with Gasteiger partial charge in [0.1, 0.15) is 17.2 Å². The van der Waals surface area contributed by atoms with Gasteiger partial charge in [-0.2, -0.15) is 0 Å². The molecule has 0 unspecified atom stereocenters. The van der Waals surface area contributed by atoms with Crippen LogP contribution in [0.1, 0.15) is 28.2 Å². The Morgan fingerprint density at radius 1 is 0.667 bits per heavy atom. The molecule has 0 saturated heterocycles. The second-order valence-corrected chi connectivity index (χ2v) is 6.56. The molecule has 3 heteroatoms. The minimum Gasteiger partial charge on any atom is -0.497 e. The summed E-state index contributed by atoms with van der Waals surface area (Å²) < 4.78 is 16.3. The Morgan fingerprint density at radius 3 is 1.63 bits per heavy atom. The van der Waals surface area contributed by atoms with Gasteiger partial charge in [0.25, 0.3) is 0 Å². The van der Waals surface area contributed by atoms with Gasteiger partial charge in [0.2, 0.25) is 0 Å². The van der Waals surface area contributed by atoms with E-state index in [0.717, 1.165) is 23.7 Å². The van der Waals surface area contributed by atoms with Gasteiger partial charge in [0.15, 0.2) is 0 Å². The highest BCUT2D eigenvalue weighted by Crippen LogP contribution is 2.34. The number of benzene rings is 3. The second kappa shape index (κ2) is 8.63. The van der Waals surface area contributed by atoms with Crippen LogP contribution in [-0.2, 0) is 6.42 Å². The molecule has 0 aliphatic heterocycles. The van der Waals surface area contributed by atoms with Gasteiger partial charge < -0.3 is 14.2 Å². The standard InChI is InChI=1S/C24H26O3/c1-17-6-5-7-24(27-4)22(17)16-23(18-8-12-20(25-2)13-9-18)19-10-14-21(26-3)15-11-19/h5-15,23H,16H2,1-4H3. The van der Waals surface area contributed by atoms with Crippen molar-refractivity contribution < 1.29 is 14.2 Å². The van der Waals surface area contributed by atoms with Gasteiger partial charge in [-0.3, -0.25) is 0 Å². The molecule has 0 amide bonds. The highest BCUT2D eigenvalue weighted by Gasteiger charge is 2.19. The Balaban J connectivity index is 2.03. The third-order valence-corrected chi connectivity index (χ3v) is 5.03. The monoisotopic (exact) mass is 362 g/mol. The lowest BCUT2D eigenvalue weighted by Crippen LogP contribution is -2.08. The summed E-state index contributed by atoms with van der Waals surface area (Å²) >= 11 is 0. The first-order valence-electron chi connectivity index (χ1n) is 9.06. The molecule has 0 bridgehead atoms. The zero-order chi connectivity index (χ0) is 19.2. The quantitative estimate of drug-likeness (QED) is 0.563. The first-order chi connectivity index (χ1) is 13.2. The fourth-order valence-corrected chi connectivity index (χ4v) is 3.43. The van der Waals surface area contributed by atoms with Crippen molar-refractivity contribution in [3.63, 3.8) is 0 Å². The van der Waals surface area contributed by atoms with E-state index in [0.29, 0.717) is 0 Å². The van der Waals surface area contributed by atoms with Crippen molar-refractivity contribution in [2.45, 2.75) is 19.3 Å². The molecule has 0 radical (unpaired) electrons. The molecule has 0 N–H and O–H groups in total. The summed E-state index contributed by atoms with van der Waals surface area (Å²) in [6.07, 6.45) is 0.856. The van der Waals surface area contributed by atoms with Crippen LogP contribution in [0.3, 0.4) is 0 Å². The van der Waals surface area contributed by atoms with Crippen LogP contribution in [0.15, 0.2) is 66.7 Å². The van der Waals surface area contributed by atoms with E-state index < -0.39 is 0 Å². The molecule has 0 aliphatic carbocycles. The van der Waals surface area contributed by atoms with Gasteiger partial charge in [0, 0.05) is 5.92 Å². The largest absolute Gasteiger partial charge is 0.497 e. The SMILES string of the molecule is COc1ccc(C(Cc2c(C)cccc2OC)c2ccc(OC)cc2)cc1. The van der Waals surface area contributed by atoms with Gasteiger partial charge in [0.05, 0.1) is 21.3 Å². The third-order valence-electron chi connectivity index (χ3n) is 5.03. The predicted octanol–water partition coefficient (Wildman–Crippen LogP) is 5.40. The Bertz CT molecular complexity index is 820. The topological polar surface area (TPSA) is 27.7 Å². The summed E-state index contributed by atoms with van der Waals surface area (Å²) in [5.41, 5.74) is 4.95. The molecule has 0 spiro atoms. The van der Waals surface area contributed by atoms with Crippen molar-refractivity contribution in [2.24, 2.45) is 0 Å². The molecule has 0 aliphatic rings. The summed E-state index contributed by atoms with van der Waals surface area (Å²) in [7, 11) is 5.11. The van der Waals surface area contributed by atoms with Crippen molar-refractivity contribution in [3.05, 3.63) is 89.0 Å². The van der Waals surface area contributed by atoms with E-state index in [1.54, 1.807) is 21.3 Å². The first kappa shape index (κ1) is 18.8. The fourth-order valence-electron chi connectivity index (χ4n) is 3.43. The highest BCUT2D eigenvalue weighted by molar-refractivity contribution is 5.45. The van der Waals surface area contributed by atoms with Gasteiger partial charge in [-0.15, -0.1) is 0 Å². The maximum Gasteiger partial charge on any atom is 0.122 e. The number of ether oxygens (including phenoxy) is 3. The molecule has 3 rings (SSSR count). The van der Waals surface area contributed by atoms with Crippen molar-refractivity contribution in [2.75, 3.05) is 21.3 Å². The van der Waals surface area contributed by atoms with Crippen LogP contribution in [0.2, 0.25) is 0 Å².